The molecule has 0 bridgehead atoms. The van der Waals surface area contributed by atoms with Crippen molar-refractivity contribution in [1.82, 2.24) is 13.9 Å². The monoisotopic (exact) mass is 527 g/mol. The van der Waals surface area contributed by atoms with Crippen LogP contribution in [0.15, 0.2) is 86.5 Å². The molecule has 3 aliphatic rings. The standard InChI is InChI=1S/C29H25N3O7/c1-15-11-21(33)19-14-20-18(9-10-30-28(36)31(29(37)32(20)30)17-7-5-4-6-8-17)24(25(19)26(15)34)16-12-22(38-2)27(35)23(13-16)39-3/h4-9,11-13,20,24,35H,10,14H2,1-3H3/t20-,24+/m1/s1. The van der Waals surface area contributed by atoms with Crippen molar-refractivity contribution in [3.05, 3.63) is 103 Å². The van der Waals surface area contributed by atoms with Crippen molar-refractivity contribution < 1.29 is 24.2 Å². The van der Waals surface area contributed by atoms with Gasteiger partial charge in [-0.25, -0.2) is 23.5 Å². The normalized spacial score (nSPS) is 20.1. The summed E-state index contributed by atoms with van der Waals surface area (Å²) in [5, 5.41) is 10.5. The van der Waals surface area contributed by atoms with Gasteiger partial charge in [0, 0.05) is 29.1 Å². The maximum Gasteiger partial charge on any atom is 0.352 e. The van der Waals surface area contributed by atoms with E-state index < -0.39 is 23.3 Å². The molecule has 39 heavy (non-hydrogen) atoms. The molecule has 6 rings (SSSR count). The SMILES string of the molecule is COc1cc([C@H]2C3=CCn4c(=O)n(-c5ccccc5)c(=O)n4[C@@H]3CC3=C2C(=O)C(C)=CC3=O)cc(OC)c1O. The summed E-state index contributed by atoms with van der Waals surface area (Å²) in [5.41, 5.74) is 1.60. The number of nitrogens with zero attached hydrogens (tertiary/aromatic N) is 3. The van der Waals surface area contributed by atoms with Gasteiger partial charge in [0.05, 0.1) is 32.5 Å². The first-order valence-corrected chi connectivity index (χ1v) is 12.4. The Morgan fingerprint density at radius 3 is 2.26 bits per heavy atom. The van der Waals surface area contributed by atoms with E-state index in [1.807, 2.05) is 6.08 Å². The number of aromatic nitrogens is 3. The van der Waals surface area contributed by atoms with Gasteiger partial charge in [0.2, 0.25) is 5.75 Å². The van der Waals surface area contributed by atoms with Gasteiger partial charge >= 0.3 is 11.4 Å². The topological polar surface area (TPSA) is 122 Å². The number of ether oxygens (including phenoxy) is 2. The van der Waals surface area contributed by atoms with Crippen LogP contribution in [0.5, 0.6) is 17.2 Å². The zero-order valence-corrected chi connectivity index (χ0v) is 21.5. The third kappa shape index (κ3) is 3.48. The van der Waals surface area contributed by atoms with E-state index in [-0.39, 0.29) is 41.8 Å². The molecule has 2 atom stereocenters. The summed E-state index contributed by atoms with van der Waals surface area (Å²) in [6.07, 6.45) is 3.24. The van der Waals surface area contributed by atoms with Crippen LogP contribution in [0.2, 0.25) is 0 Å². The fourth-order valence-electron chi connectivity index (χ4n) is 5.89. The molecule has 0 spiro atoms. The van der Waals surface area contributed by atoms with Crippen molar-refractivity contribution in [2.45, 2.75) is 31.8 Å². The number of phenolic OH excluding ortho intramolecular Hbond substituents is 1. The third-order valence-electron chi connectivity index (χ3n) is 7.68. The molecule has 1 aromatic heterocycles. The number of rotatable bonds is 4. The molecule has 0 amide bonds. The van der Waals surface area contributed by atoms with Gasteiger partial charge in [-0.15, -0.1) is 0 Å². The Morgan fingerprint density at radius 1 is 0.949 bits per heavy atom. The Labute approximate surface area is 222 Å². The number of ketones is 2. The second-order valence-corrected chi connectivity index (χ2v) is 9.71. The second kappa shape index (κ2) is 8.87. The molecule has 2 aliphatic carbocycles. The van der Waals surface area contributed by atoms with Gasteiger partial charge < -0.3 is 14.6 Å². The van der Waals surface area contributed by atoms with Gasteiger partial charge in [0.15, 0.2) is 23.1 Å². The molecule has 0 saturated carbocycles. The molecular formula is C29H25N3O7. The maximum atomic E-state index is 13.8. The lowest BCUT2D eigenvalue weighted by Gasteiger charge is -2.39. The lowest BCUT2D eigenvalue weighted by atomic mass is 9.67. The number of hydrogen-bond donors (Lipinski definition) is 1. The van der Waals surface area contributed by atoms with Crippen LogP contribution in [-0.4, -0.2) is 44.8 Å². The Morgan fingerprint density at radius 2 is 1.62 bits per heavy atom. The minimum Gasteiger partial charge on any atom is -0.502 e. The fraction of sp³-hybridized carbons (Fsp3) is 0.241. The Balaban J connectivity index is 1.61. The highest BCUT2D eigenvalue weighted by molar-refractivity contribution is 6.23. The quantitative estimate of drug-likeness (QED) is 0.409. The summed E-state index contributed by atoms with van der Waals surface area (Å²) in [7, 11) is 2.80. The van der Waals surface area contributed by atoms with Crippen LogP contribution in [0.3, 0.4) is 0 Å². The first-order valence-electron chi connectivity index (χ1n) is 12.4. The van der Waals surface area contributed by atoms with Crippen molar-refractivity contribution in [3.63, 3.8) is 0 Å². The van der Waals surface area contributed by atoms with Crippen LogP contribution in [0.1, 0.15) is 30.9 Å². The van der Waals surface area contributed by atoms with Crippen LogP contribution in [0.4, 0.5) is 0 Å². The molecular weight excluding hydrogens is 502 g/mol. The molecule has 198 valence electrons. The first kappa shape index (κ1) is 24.5. The molecule has 1 N–H and O–H groups in total. The van der Waals surface area contributed by atoms with Crippen molar-refractivity contribution in [1.29, 1.82) is 0 Å². The van der Waals surface area contributed by atoms with E-state index in [9.17, 15) is 24.3 Å². The van der Waals surface area contributed by atoms with Crippen LogP contribution < -0.4 is 20.9 Å². The summed E-state index contributed by atoms with van der Waals surface area (Å²) in [5.74, 6) is -1.24. The zero-order valence-electron chi connectivity index (χ0n) is 21.5. The van der Waals surface area contributed by atoms with Gasteiger partial charge in [-0.05, 0) is 48.4 Å². The molecule has 0 unspecified atom stereocenters. The van der Waals surface area contributed by atoms with Crippen LogP contribution >= 0.6 is 0 Å². The summed E-state index contributed by atoms with van der Waals surface area (Å²) in [6.45, 7) is 1.70. The number of phenols is 1. The highest BCUT2D eigenvalue weighted by atomic mass is 16.5. The average molecular weight is 528 g/mol. The van der Waals surface area contributed by atoms with E-state index in [0.29, 0.717) is 33.5 Å². The largest absolute Gasteiger partial charge is 0.502 e. The first-order chi connectivity index (χ1) is 18.8. The van der Waals surface area contributed by atoms with Crippen LogP contribution in [-0.2, 0) is 16.1 Å². The third-order valence-corrected chi connectivity index (χ3v) is 7.68. The summed E-state index contributed by atoms with van der Waals surface area (Å²) in [6, 6.07) is 11.1. The number of fused-ring (bicyclic) bond motifs is 3. The smallest absolute Gasteiger partial charge is 0.352 e. The van der Waals surface area contributed by atoms with Crippen LogP contribution in [0.25, 0.3) is 5.69 Å². The predicted molar refractivity (Wildman–Crippen MR) is 141 cm³/mol. The molecule has 2 aromatic carbocycles. The van der Waals surface area contributed by atoms with Crippen LogP contribution in [0, 0.1) is 0 Å². The molecule has 10 heteroatoms. The zero-order chi connectivity index (χ0) is 27.6. The summed E-state index contributed by atoms with van der Waals surface area (Å²) < 4.78 is 14.6. The van der Waals surface area contributed by atoms with Crippen molar-refractivity contribution in [2.75, 3.05) is 14.2 Å². The molecule has 3 aromatic rings. The highest BCUT2D eigenvalue weighted by Crippen LogP contribution is 2.51. The van der Waals surface area contributed by atoms with E-state index in [0.717, 1.165) is 4.57 Å². The number of carbonyl (C=O) groups is 2. The van der Waals surface area contributed by atoms with E-state index in [4.69, 9.17) is 9.47 Å². The number of benzene rings is 2. The van der Waals surface area contributed by atoms with Gasteiger partial charge in [0.25, 0.3) is 0 Å². The van der Waals surface area contributed by atoms with E-state index in [1.54, 1.807) is 49.4 Å². The Kier molecular flexibility index (Phi) is 5.56. The molecule has 2 heterocycles. The minimum absolute atomic E-state index is 0.0799. The molecule has 0 fully saturated rings. The number of allylic oxidation sites excluding steroid dienone is 6. The van der Waals surface area contributed by atoms with Gasteiger partial charge in [-0.2, -0.15) is 0 Å². The van der Waals surface area contributed by atoms with E-state index in [1.165, 1.54) is 29.7 Å². The lowest BCUT2D eigenvalue weighted by Crippen LogP contribution is -2.40. The molecule has 0 saturated heterocycles. The van der Waals surface area contributed by atoms with Crippen molar-refractivity contribution in [3.8, 4) is 22.9 Å². The summed E-state index contributed by atoms with van der Waals surface area (Å²) in [4.78, 5) is 54.0. The number of methoxy groups -OCH3 is 2. The predicted octanol–water partition coefficient (Wildman–Crippen LogP) is 2.59. The number of carbonyl (C=O) groups excluding carboxylic acids is 2. The molecule has 1 aliphatic heterocycles. The van der Waals surface area contributed by atoms with E-state index >= 15 is 0 Å². The number of aromatic hydroxyl groups is 1. The Hall–Kier alpha value is -4.86. The van der Waals surface area contributed by atoms with Gasteiger partial charge in [0.1, 0.15) is 0 Å². The Bertz CT molecular complexity index is 1760. The maximum absolute atomic E-state index is 13.8. The second-order valence-electron chi connectivity index (χ2n) is 9.71. The minimum atomic E-state index is -0.738. The lowest BCUT2D eigenvalue weighted by molar-refractivity contribution is -0.116. The number of hydrogen-bond acceptors (Lipinski definition) is 7. The van der Waals surface area contributed by atoms with Gasteiger partial charge in [-0.3, -0.25) is 9.59 Å². The molecule has 10 nitrogen and oxygen atoms in total. The number of para-hydroxylation sites is 1. The highest BCUT2D eigenvalue weighted by Gasteiger charge is 2.45. The van der Waals surface area contributed by atoms with Crippen molar-refractivity contribution in [2.24, 2.45) is 0 Å². The number of Topliss-reactive ketones (excluding diaryl/α,β-unsaturated/α-hetero) is 1. The van der Waals surface area contributed by atoms with Crippen molar-refractivity contribution >= 4 is 11.6 Å². The van der Waals surface area contributed by atoms with Gasteiger partial charge in [-0.1, -0.05) is 24.3 Å². The van der Waals surface area contributed by atoms with E-state index in [2.05, 4.69) is 0 Å². The summed E-state index contributed by atoms with van der Waals surface area (Å²) >= 11 is 0. The molecule has 0 radical (unpaired) electrons. The average Bonchev–Trinajstić information content (AvgIpc) is 3.20. The fourth-order valence-corrected chi connectivity index (χ4v) is 5.89.